The second kappa shape index (κ2) is 53.9. The quantitative estimate of drug-likeness (QED) is 0.0262. The molecule has 0 aromatic heterocycles. The van der Waals surface area contributed by atoms with Crippen molar-refractivity contribution in [3.8, 4) is 0 Å². The lowest BCUT2D eigenvalue weighted by Gasteiger charge is -2.18. The normalized spacial score (nSPS) is 12.8. The Labute approximate surface area is 407 Å². The van der Waals surface area contributed by atoms with Crippen molar-refractivity contribution in [1.82, 2.24) is 0 Å². The van der Waals surface area contributed by atoms with E-state index in [1.165, 1.54) is 83.5 Å². The van der Waals surface area contributed by atoms with Gasteiger partial charge in [0.15, 0.2) is 6.10 Å². The summed E-state index contributed by atoms with van der Waals surface area (Å²) in [4.78, 5) is 37.9. The van der Waals surface area contributed by atoms with Gasteiger partial charge in [-0.25, -0.2) is 0 Å². The van der Waals surface area contributed by atoms with Gasteiger partial charge in [-0.05, 0) is 103 Å². The van der Waals surface area contributed by atoms with Crippen molar-refractivity contribution in [2.75, 3.05) is 13.2 Å². The molecule has 0 aromatic carbocycles. The summed E-state index contributed by atoms with van der Waals surface area (Å²) < 4.78 is 16.7. The summed E-state index contributed by atoms with van der Waals surface area (Å²) in [6, 6.07) is 0. The van der Waals surface area contributed by atoms with Gasteiger partial charge in [0.1, 0.15) is 13.2 Å². The van der Waals surface area contributed by atoms with Gasteiger partial charge in [-0.2, -0.15) is 0 Å². The highest BCUT2D eigenvalue weighted by atomic mass is 16.6. The first-order valence-electron chi connectivity index (χ1n) is 27.2. The molecular weight excluding hydrogens is 817 g/mol. The second-order valence-electron chi connectivity index (χ2n) is 17.8. The Kier molecular flexibility index (Phi) is 50.9. The molecule has 0 saturated heterocycles. The van der Waals surface area contributed by atoms with Crippen molar-refractivity contribution in [2.45, 2.75) is 252 Å². The average molecular weight is 917 g/mol. The van der Waals surface area contributed by atoms with E-state index in [1.807, 2.05) is 0 Å². The number of hydrogen-bond acceptors (Lipinski definition) is 6. The molecule has 1 unspecified atom stereocenters. The molecule has 0 amide bonds. The van der Waals surface area contributed by atoms with Crippen LogP contribution in [0, 0.1) is 0 Å². The van der Waals surface area contributed by atoms with E-state index in [1.54, 1.807) is 0 Å². The van der Waals surface area contributed by atoms with E-state index in [2.05, 4.69) is 118 Å². The third kappa shape index (κ3) is 51.3. The standard InChI is InChI=1S/C60H100O6/c1-4-7-10-13-16-19-21-23-25-26-27-28-29-30-31-32-33-34-35-37-38-41-44-47-50-53-59(62)65-56-57(55-64-58(61)52-49-46-43-40-18-15-12-9-6-3)66-60(63)54-51-48-45-42-39-36-24-22-20-17-14-11-8-5-2/h7,10,16,19,22-25,27-28,30-31,33-34,37-38,57H,4-6,8-9,11-15,17-18,20-21,26,29,32,35-36,39-56H2,1-3H3/b10-7-,19-16-,24-22-,25-23-,28-27-,31-30-,34-33-,38-37-. The monoisotopic (exact) mass is 917 g/mol. The van der Waals surface area contributed by atoms with Crippen LogP contribution >= 0.6 is 0 Å². The van der Waals surface area contributed by atoms with Crippen molar-refractivity contribution in [1.29, 1.82) is 0 Å². The summed E-state index contributed by atoms with van der Waals surface area (Å²) in [5.41, 5.74) is 0. The summed E-state index contributed by atoms with van der Waals surface area (Å²) in [5, 5.41) is 0. The van der Waals surface area contributed by atoms with E-state index < -0.39 is 6.10 Å². The molecule has 0 aliphatic heterocycles. The Morgan fingerprint density at radius 3 is 0.955 bits per heavy atom. The lowest BCUT2D eigenvalue weighted by molar-refractivity contribution is -0.167. The SMILES string of the molecule is CC/C=C\C/C=C\C/C=C\C/C=C\C/C=C\C/C=C\C/C=C\CCCCCC(=O)OCC(COC(=O)CCCCCCCCCCC)OC(=O)CCCCCCC/C=C\CCCCCCC. The average Bonchev–Trinajstić information content (AvgIpc) is 3.31. The van der Waals surface area contributed by atoms with Gasteiger partial charge >= 0.3 is 17.9 Å². The van der Waals surface area contributed by atoms with E-state index in [-0.39, 0.29) is 31.1 Å². The Balaban J connectivity index is 4.36. The van der Waals surface area contributed by atoms with E-state index in [4.69, 9.17) is 14.2 Å². The van der Waals surface area contributed by atoms with Crippen molar-refractivity contribution < 1.29 is 28.6 Å². The summed E-state index contributed by atoms with van der Waals surface area (Å²) in [7, 11) is 0. The van der Waals surface area contributed by atoms with Crippen LogP contribution < -0.4 is 0 Å². The van der Waals surface area contributed by atoms with Gasteiger partial charge < -0.3 is 14.2 Å². The molecule has 0 fully saturated rings. The van der Waals surface area contributed by atoms with Crippen molar-refractivity contribution in [3.05, 3.63) is 97.2 Å². The number of allylic oxidation sites excluding steroid dienone is 16. The second-order valence-corrected chi connectivity index (χ2v) is 17.8. The Morgan fingerprint density at radius 1 is 0.318 bits per heavy atom. The smallest absolute Gasteiger partial charge is 0.306 e. The number of rotatable bonds is 48. The summed E-state index contributed by atoms with van der Waals surface area (Å²) in [6.45, 7) is 6.45. The first-order chi connectivity index (χ1) is 32.5. The minimum absolute atomic E-state index is 0.0908. The minimum atomic E-state index is -0.793. The van der Waals surface area contributed by atoms with E-state index in [9.17, 15) is 14.4 Å². The molecule has 0 bridgehead atoms. The molecule has 6 heteroatoms. The number of carbonyl (C=O) groups excluding carboxylic acids is 3. The minimum Gasteiger partial charge on any atom is -0.462 e. The highest BCUT2D eigenvalue weighted by Crippen LogP contribution is 2.14. The fourth-order valence-electron chi connectivity index (χ4n) is 7.24. The predicted octanol–water partition coefficient (Wildman–Crippen LogP) is 18.1. The Morgan fingerprint density at radius 2 is 0.591 bits per heavy atom. The third-order valence-corrected chi connectivity index (χ3v) is 11.3. The van der Waals surface area contributed by atoms with E-state index >= 15 is 0 Å². The maximum Gasteiger partial charge on any atom is 0.306 e. The molecule has 0 spiro atoms. The fraction of sp³-hybridized carbons (Fsp3) is 0.683. The fourth-order valence-corrected chi connectivity index (χ4v) is 7.24. The molecule has 6 nitrogen and oxygen atoms in total. The molecule has 0 saturated carbocycles. The van der Waals surface area contributed by atoms with Crippen LogP contribution in [0.5, 0.6) is 0 Å². The van der Waals surface area contributed by atoms with Crippen LogP contribution in [-0.4, -0.2) is 37.2 Å². The maximum atomic E-state index is 12.8. The van der Waals surface area contributed by atoms with Crippen LogP contribution in [0.1, 0.15) is 245 Å². The third-order valence-electron chi connectivity index (χ3n) is 11.3. The van der Waals surface area contributed by atoms with E-state index in [0.29, 0.717) is 19.3 Å². The lowest BCUT2D eigenvalue weighted by Crippen LogP contribution is -2.30. The molecule has 0 aliphatic carbocycles. The zero-order chi connectivity index (χ0) is 47.9. The molecular formula is C60H100O6. The maximum absolute atomic E-state index is 12.8. The zero-order valence-electron chi connectivity index (χ0n) is 42.9. The van der Waals surface area contributed by atoms with Crippen molar-refractivity contribution in [3.63, 3.8) is 0 Å². The first kappa shape index (κ1) is 62.3. The van der Waals surface area contributed by atoms with Crippen LogP contribution in [0.15, 0.2) is 97.2 Å². The van der Waals surface area contributed by atoms with Gasteiger partial charge in [-0.1, -0.05) is 221 Å². The van der Waals surface area contributed by atoms with Gasteiger partial charge in [-0.15, -0.1) is 0 Å². The number of unbranched alkanes of at least 4 members (excludes halogenated alkanes) is 21. The van der Waals surface area contributed by atoms with Gasteiger partial charge in [0.05, 0.1) is 0 Å². The molecule has 0 N–H and O–H groups in total. The van der Waals surface area contributed by atoms with Crippen LogP contribution in [0.25, 0.3) is 0 Å². The molecule has 66 heavy (non-hydrogen) atoms. The van der Waals surface area contributed by atoms with Crippen molar-refractivity contribution >= 4 is 17.9 Å². The van der Waals surface area contributed by atoms with Gasteiger partial charge in [0.2, 0.25) is 0 Å². The first-order valence-corrected chi connectivity index (χ1v) is 27.2. The summed E-state index contributed by atoms with van der Waals surface area (Å²) in [5.74, 6) is -0.938. The van der Waals surface area contributed by atoms with Gasteiger partial charge in [-0.3, -0.25) is 14.4 Å². The van der Waals surface area contributed by atoms with Crippen LogP contribution in [0.3, 0.4) is 0 Å². The molecule has 0 radical (unpaired) electrons. The Hall–Kier alpha value is -3.67. The van der Waals surface area contributed by atoms with Gasteiger partial charge in [0, 0.05) is 19.3 Å². The van der Waals surface area contributed by atoms with Crippen molar-refractivity contribution in [2.24, 2.45) is 0 Å². The number of esters is 3. The van der Waals surface area contributed by atoms with Crippen LogP contribution in [0.2, 0.25) is 0 Å². The predicted molar refractivity (Wildman–Crippen MR) is 284 cm³/mol. The number of hydrogen-bond donors (Lipinski definition) is 0. The van der Waals surface area contributed by atoms with Crippen LogP contribution in [-0.2, 0) is 28.6 Å². The van der Waals surface area contributed by atoms with Gasteiger partial charge in [0.25, 0.3) is 0 Å². The largest absolute Gasteiger partial charge is 0.462 e. The van der Waals surface area contributed by atoms with Crippen LogP contribution in [0.4, 0.5) is 0 Å². The summed E-state index contributed by atoms with van der Waals surface area (Å²) >= 11 is 0. The topological polar surface area (TPSA) is 78.9 Å². The number of ether oxygens (including phenoxy) is 3. The highest BCUT2D eigenvalue weighted by Gasteiger charge is 2.19. The lowest BCUT2D eigenvalue weighted by atomic mass is 10.1. The Bertz CT molecular complexity index is 1330. The highest BCUT2D eigenvalue weighted by molar-refractivity contribution is 5.71. The molecule has 0 aliphatic rings. The number of carbonyl (C=O) groups is 3. The summed E-state index contributed by atoms with van der Waals surface area (Å²) in [6.07, 6.45) is 71.1. The van der Waals surface area contributed by atoms with E-state index in [0.717, 1.165) is 122 Å². The molecule has 1 atom stereocenters. The zero-order valence-corrected chi connectivity index (χ0v) is 42.9. The molecule has 0 aromatic rings. The molecule has 0 heterocycles. The molecule has 0 rings (SSSR count). The molecule has 376 valence electrons.